The molecule has 0 radical (unpaired) electrons. The summed E-state index contributed by atoms with van der Waals surface area (Å²) in [6.45, 7) is 4.38. The summed E-state index contributed by atoms with van der Waals surface area (Å²) >= 11 is 12.6. The summed E-state index contributed by atoms with van der Waals surface area (Å²) in [5.74, 6) is 1.21. The monoisotopic (exact) mass is 328 g/mol. The van der Waals surface area contributed by atoms with Crippen molar-refractivity contribution >= 4 is 23.2 Å². The van der Waals surface area contributed by atoms with E-state index in [1.54, 1.807) is 0 Å². The largest absolute Gasteiger partial charge is 0.126 e. The van der Waals surface area contributed by atoms with E-state index in [1.807, 2.05) is 0 Å². The van der Waals surface area contributed by atoms with E-state index in [0.29, 0.717) is 11.8 Å². The molecule has 0 aliphatic carbocycles. The molecule has 0 nitrogen and oxygen atoms in total. The van der Waals surface area contributed by atoms with Gasteiger partial charge in [0.05, 0.1) is 0 Å². The lowest BCUT2D eigenvalue weighted by Crippen LogP contribution is -2.30. The van der Waals surface area contributed by atoms with E-state index in [-0.39, 0.29) is 5.41 Å². The SMILES string of the molecule is CCCCCCCCCC(CCl)(CCl)c1ccc(C)cc1. The quantitative estimate of drug-likeness (QED) is 0.307. The summed E-state index contributed by atoms with van der Waals surface area (Å²) < 4.78 is 0. The van der Waals surface area contributed by atoms with Gasteiger partial charge in [-0.3, -0.25) is 0 Å². The van der Waals surface area contributed by atoms with Gasteiger partial charge in [-0.25, -0.2) is 0 Å². The topological polar surface area (TPSA) is 0 Å². The fraction of sp³-hybridized carbons (Fsp3) is 0.684. The summed E-state index contributed by atoms with van der Waals surface area (Å²) in [4.78, 5) is 0. The maximum Gasteiger partial charge on any atom is 0.0332 e. The number of unbranched alkanes of at least 4 members (excludes halogenated alkanes) is 6. The van der Waals surface area contributed by atoms with Crippen LogP contribution in [0.15, 0.2) is 24.3 Å². The van der Waals surface area contributed by atoms with Crippen LogP contribution in [-0.4, -0.2) is 11.8 Å². The average molecular weight is 329 g/mol. The molecule has 0 fully saturated rings. The van der Waals surface area contributed by atoms with Crippen molar-refractivity contribution in [3.63, 3.8) is 0 Å². The molecular formula is C19H30Cl2. The lowest BCUT2D eigenvalue weighted by molar-refractivity contribution is 0.451. The van der Waals surface area contributed by atoms with Crippen LogP contribution in [0.4, 0.5) is 0 Å². The normalized spacial score (nSPS) is 11.8. The van der Waals surface area contributed by atoms with E-state index in [1.165, 1.54) is 56.1 Å². The molecule has 1 aromatic rings. The minimum absolute atomic E-state index is 0.0553. The summed E-state index contributed by atoms with van der Waals surface area (Å²) in [5, 5.41) is 0. The Bertz CT molecular complexity index is 366. The maximum absolute atomic E-state index is 6.30. The molecule has 1 rings (SSSR count). The third-order valence-electron chi connectivity index (χ3n) is 4.43. The number of alkyl halides is 2. The first-order valence-electron chi connectivity index (χ1n) is 8.37. The predicted molar refractivity (Wildman–Crippen MR) is 96.9 cm³/mol. The van der Waals surface area contributed by atoms with Crippen LogP contribution >= 0.6 is 23.2 Å². The van der Waals surface area contributed by atoms with Gasteiger partial charge in [0, 0.05) is 17.2 Å². The highest BCUT2D eigenvalue weighted by atomic mass is 35.5. The maximum atomic E-state index is 6.30. The van der Waals surface area contributed by atoms with Crippen LogP contribution in [0.5, 0.6) is 0 Å². The van der Waals surface area contributed by atoms with Gasteiger partial charge in [0.1, 0.15) is 0 Å². The Hall–Kier alpha value is -0.200. The Kier molecular flexibility index (Phi) is 9.44. The minimum Gasteiger partial charge on any atom is -0.126 e. The number of rotatable bonds is 11. The Morgan fingerprint density at radius 3 is 1.86 bits per heavy atom. The molecule has 0 heterocycles. The van der Waals surface area contributed by atoms with Gasteiger partial charge in [-0.2, -0.15) is 0 Å². The zero-order valence-corrected chi connectivity index (χ0v) is 15.1. The molecule has 0 bridgehead atoms. The molecule has 0 N–H and O–H groups in total. The number of benzene rings is 1. The van der Waals surface area contributed by atoms with Gasteiger partial charge in [0.25, 0.3) is 0 Å². The second-order valence-corrected chi connectivity index (χ2v) is 6.82. The summed E-state index contributed by atoms with van der Waals surface area (Å²) in [7, 11) is 0. The van der Waals surface area contributed by atoms with Crippen LogP contribution in [-0.2, 0) is 5.41 Å². The molecule has 0 aliphatic rings. The molecule has 2 heteroatoms. The van der Waals surface area contributed by atoms with E-state index in [4.69, 9.17) is 23.2 Å². The van der Waals surface area contributed by atoms with Crippen LogP contribution in [0, 0.1) is 6.92 Å². The van der Waals surface area contributed by atoms with Gasteiger partial charge in [0.15, 0.2) is 0 Å². The molecule has 0 amide bonds. The third-order valence-corrected chi connectivity index (χ3v) is 5.46. The van der Waals surface area contributed by atoms with Gasteiger partial charge in [-0.05, 0) is 18.9 Å². The molecule has 21 heavy (non-hydrogen) atoms. The van der Waals surface area contributed by atoms with Gasteiger partial charge in [-0.1, -0.05) is 81.7 Å². The Labute approximate surface area is 141 Å². The van der Waals surface area contributed by atoms with E-state index >= 15 is 0 Å². The highest BCUT2D eigenvalue weighted by Gasteiger charge is 2.29. The zero-order valence-electron chi connectivity index (χ0n) is 13.6. The van der Waals surface area contributed by atoms with E-state index in [0.717, 1.165) is 6.42 Å². The number of hydrogen-bond acceptors (Lipinski definition) is 0. The lowest BCUT2D eigenvalue weighted by atomic mass is 9.79. The summed E-state index contributed by atoms with van der Waals surface area (Å²) in [6, 6.07) is 8.71. The predicted octanol–water partition coefficient (Wildman–Crippen LogP) is 6.85. The average Bonchev–Trinajstić information content (AvgIpc) is 2.52. The molecule has 0 aliphatic heterocycles. The molecule has 0 atom stereocenters. The fourth-order valence-corrected chi connectivity index (χ4v) is 3.66. The third kappa shape index (κ3) is 6.20. The van der Waals surface area contributed by atoms with Crippen LogP contribution < -0.4 is 0 Å². The second-order valence-electron chi connectivity index (χ2n) is 6.28. The highest BCUT2D eigenvalue weighted by Crippen LogP contribution is 2.33. The molecule has 1 aromatic carbocycles. The Morgan fingerprint density at radius 1 is 0.810 bits per heavy atom. The van der Waals surface area contributed by atoms with Crippen LogP contribution in [0.25, 0.3) is 0 Å². The van der Waals surface area contributed by atoms with Gasteiger partial charge >= 0.3 is 0 Å². The molecule has 0 saturated carbocycles. The summed E-state index contributed by atoms with van der Waals surface area (Å²) in [6.07, 6.45) is 10.4. The zero-order chi connectivity index (χ0) is 15.6. The Balaban J connectivity index is 2.47. The minimum atomic E-state index is -0.0553. The van der Waals surface area contributed by atoms with Gasteiger partial charge in [0.2, 0.25) is 0 Å². The van der Waals surface area contributed by atoms with Crippen molar-refractivity contribution < 1.29 is 0 Å². The Morgan fingerprint density at radius 2 is 1.33 bits per heavy atom. The fourth-order valence-electron chi connectivity index (χ4n) is 2.80. The van der Waals surface area contributed by atoms with Crippen LogP contribution in [0.2, 0.25) is 0 Å². The van der Waals surface area contributed by atoms with E-state index in [2.05, 4.69) is 38.1 Å². The molecule has 0 unspecified atom stereocenters. The summed E-state index contributed by atoms with van der Waals surface area (Å²) in [5.41, 5.74) is 2.53. The van der Waals surface area contributed by atoms with Crippen LogP contribution in [0.3, 0.4) is 0 Å². The van der Waals surface area contributed by atoms with Crippen molar-refractivity contribution in [3.8, 4) is 0 Å². The first-order chi connectivity index (χ1) is 10.2. The number of aryl methyl sites for hydroxylation is 1. The second kappa shape index (κ2) is 10.5. The molecule has 120 valence electrons. The van der Waals surface area contributed by atoms with Crippen molar-refractivity contribution in [1.82, 2.24) is 0 Å². The smallest absolute Gasteiger partial charge is 0.0332 e. The first-order valence-corrected chi connectivity index (χ1v) is 9.44. The van der Waals surface area contributed by atoms with Gasteiger partial charge in [-0.15, -0.1) is 23.2 Å². The van der Waals surface area contributed by atoms with Crippen molar-refractivity contribution in [2.75, 3.05) is 11.8 Å². The first kappa shape index (κ1) is 18.8. The molecule has 0 spiro atoms. The number of hydrogen-bond donors (Lipinski definition) is 0. The standard InChI is InChI=1S/C19H30Cl2/c1-3-4-5-6-7-8-9-14-19(15-20,16-21)18-12-10-17(2)11-13-18/h10-13H,3-9,14-16H2,1-2H3. The molecule has 0 aromatic heterocycles. The van der Waals surface area contributed by atoms with Crippen molar-refractivity contribution in [3.05, 3.63) is 35.4 Å². The molecule has 0 saturated heterocycles. The van der Waals surface area contributed by atoms with E-state index in [9.17, 15) is 0 Å². The lowest BCUT2D eigenvalue weighted by Gasteiger charge is -2.30. The van der Waals surface area contributed by atoms with Crippen molar-refractivity contribution in [2.45, 2.75) is 70.6 Å². The number of halogens is 2. The van der Waals surface area contributed by atoms with E-state index < -0.39 is 0 Å². The highest BCUT2D eigenvalue weighted by molar-refractivity contribution is 6.22. The molecular weight excluding hydrogens is 299 g/mol. The van der Waals surface area contributed by atoms with Crippen LogP contribution in [0.1, 0.15) is 69.4 Å². The van der Waals surface area contributed by atoms with Gasteiger partial charge < -0.3 is 0 Å². The van der Waals surface area contributed by atoms with Crippen molar-refractivity contribution in [1.29, 1.82) is 0 Å². The van der Waals surface area contributed by atoms with Crippen molar-refractivity contribution in [2.24, 2.45) is 0 Å².